The molecule has 0 amide bonds. The maximum absolute atomic E-state index is 13.0. The minimum atomic E-state index is -4.95. The lowest BCUT2D eigenvalue weighted by molar-refractivity contribution is -0.161. The Hall–Kier alpha value is -1.94. The van der Waals surface area contributed by atoms with Crippen LogP contribution in [0.3, 0.4) is 0 Å². The fourth-order valence-electron chi connectivity index (χ4n) is 10.7. The first kappa shape index (κ1) is 88.1. The first-order chi connectivity index (χ1) is 43.4. The second-order valence-corrected chi connectivity index (χ2v) is 29.3. The van der Waals surface area contributed by atoms with Crippen molar-refractivity contribution >= 4 is 39.5 Å². The molecule has 3 N–H and O–H groups in total. The molecule has 0 aliphatic heterocycles. The van der Waals surface area contributed by atoms with Gasteiger partial charge in [-0.05, 0) is 37.5 Å². The molecule has 0 aromatic carbocycles. The predicted octanol–water partition coefficient (Wildman–Crippen LogP) is 20.4. The zero-order valence-electron chi connectivity index (χ0n) is 58.4. The van der Waals surface area contributed by atoms with E-state index in [1.807, 2.05) is 0 Å². The van der Waals surface area contributed by atoms with Crippen molar-refractivity contribution in [3.8, 4) is 0 Å². The van der Waals surface area contributed by atoms with Crippen molar-refractivity contribution in [2.45, 2.75) is 381 Å². The Kier molecular flexibility index (Phi) is 61.8. The number of carbonyl (C=O) groups is 4. The van der Waals surface area contributed by atoms with Gasteiger partial charge in [-0.25, -0.2) is 9.13 Å². The number of carbonyl (C=O) groups excluding carboxylic acids is 4. The van der Waals surface area contributed by atoms with Crippen LogP contribution in [0, 0.1) is 11.8 Å². The lowest BCUT2D eigenvalue weighted by atomic mass is 10.00. The summed E-state index contributed by atoms with van der Waals surface area (Å²) in [4.78, 5) is 72.5. The highest BCUT2D eigenvalue weighted by Crippen LogP contribution is 2.45. The van der Waals surface area contributed by atoms with Crippen LogP contribution in [0.15, 0.2) is 0 Å². The maximum atomic E-state index is 13.0. The third-order valence-corrected chi connectivity index (χ3v) is 18.7. The van der Waals surface area contributed by atoms with Crippen molar-refractivity contribution in [2.24, 2.45) is 11.8 Å². The molecule has 534 valence electrons. The summed E-state index contributed by atoms with van der Waals surface area (Å²) in [5.41, 5.74) is 0. The minimum Gasteiger partial charge on any atom is -0.462 e. The molecule has 0 saturated carbocycles. The Balaban J connectivity index is 5.22. The summed E-state index contributed by atoms with van der Waals surface area (Å²) in [7, 11) is -9.90. The summed E-state index contributed by atoms with van der Waals surface area (Å²) < 4.78 is 68.3. The summed E-state index contributed by atoms with van der Waals surface area (Å²) in [6, 6.07) is 0. The van der Waals surface area contributed by atoms with Gasteiger partial charge in [0.2, 0.25) is 0 Å². The van der Waals surface area contributed by atoms with Crippen molar-refractivity contribution in [1.29, 1.82) is 0 Å². The monoisotopic (exact) mass is 1320 g/mol. The highest BCUT2D eigenvalue weighted by molar-refractivity contribution is 7.47. The first-order valence-corrected chi connectivity index (χ1v) is 40.0. The van der Waals surface area contributed by atoms with Crippen LogP contribution in [0.1, 0.15) is 363 Å². The van der Waals surface area contributed by atoms with E-state index < -0.39 is 97.5 Å². The molecule has 0 aliphatic rings. The highest BCUT2D eigenvalue weighted by atomic mass is 31.2. The zero-order valence-corrected chi connectivity index (χ0v) is 60.2. The maximum Gasteiger partial charge on any atom is 0.472 e. The predicted molar refractivity (Wildman–Crippen MR) is 363 cm³/mol. The molecule has 3 unspecified atom stereocenters. The van der Waals surface area contributed by atoms with Gasteiger partial charge in [-0.15, -0.1) is 0 Å². The quantitative estimate of drug-likeness (QED) is 0.0222. The average molecular weight is 1330 g/mol. The van der Waals surface area contributed by atoms with Crippen molar-refractivity contribution in [2.75, 3.05) is 39.6 Å². The van der Waals surface area contributed by atoms with Gasteiger partial charge in [-0.1, -0.05) is 311 Å². The molecule has 0 saturated heterocycles. The second-order valence-electron chi connectivity index (χ2n) is 26.3. The summed E-state index contributed by atoms with van der Waals surface area (Å²) in [6.45, 7) is 9.54. The van der Waals surface area contributed by atoms with Crippen LogP contribution < -0.4 is 0 Å². The van der Waals surface area contributed by atoms with Gasteiger partial charge in [-0.2, -0.15) is 0 Å². The Morgan fingerprint density at radius 3 is 0.844 bits per heavy atom. The minimum absolute atomic E-state index is 0.106. The molecule has 0 heterocycles. The normalized spacial score (nSPS) is 14.4. The van der Waals surface area contributed by atoms with Crippen molar-refractivity contribution in [1.82, 2.24) is 0 Å². The number of aliphatic hydroxyl groups excluding tert-OH is 1. The number of ether oxygens (including phenoxy) is 4. The van der Waals surface area contributed by atoms with Crippen molar-refractivity contribution in [3.63, 3.8) is 0 Å². The topological polar surface area (TPSA) is 237 Å². The second kappa shape index (κ2) is 63.1. The third-order valence-electron chi connectivity index (χ3n) is 16.8. The Morgan fingerprint density at radius 1 is 0.322 bits per heavy atom. The molecule has 0 fully saturated rings. The lowest BCUT2D eigenvalue weighted by Crippen LogP contribution is -2.30. The van der Waals surface area contributed by atoms with Crippen molar-refractivity contribution < 1.29 is 80.2 Å². The van der Waals surface area contributed by atoms with Gasteiger partial charge in [0.25, 0.3) is 0 Å². The summed E-state index contributed by atoms with van der Waals surface area (Å²) in [5.74, 6) is -0.589. The molecule has 0 bridgehead atoms. The van der Waals surface area contributed by atoms with Gasteiger partial charge in [0, 0.05) is 25.7 Å². The van der Waals surface area contributed by atoms with Gasteiger partial charge in [-0.3, -0.25) is 37.3 Å². The molecule has 0 aliphatic carbocycles. The molecule has 0 aromatic rings. The number of phosphoric ester groups is 2. The fourth-order valence-corrected chi connectivity index (χ4v) is 12.3. The number of rotatable bonds is 70. The molecule has 17 nitrogen and oxygen atoms in total. The van der Waals surface area contributed by atoms with E-state index >= 15 is 0 Å². The van der Waals surface area contributed by atoms with Crippen LogP contribution in [-0.4, -0.2) is 96.7 Å². The van der Waals surface area contributed by atoms with Crippen molar-refractivity contribution in [3.05, 3.63) is 0 Å². The first-order valence-electron chi connectivity index (χ1n) is 37.0. The Labute approximate surface area is 549 Å². The van der Waals surface area contributed by atoms with Crippen LogP contribution in [0.4, 0.5) is 0 Å². The summed E-state index contributed by atoms with van der Waals surface area (Å²) in [5, 5.41) is 10.6. The molecule has 0 radical (unpaired) electrons. The number of hydrogen-bond acceptors (Lipinski definition) is 15. The number of unbranched alkanes of at least 4 members (excludes halogenated alkanes) is 39. The van der Waals surface area contributed by atoms with Gasteiger partial charge in [0.05, 0.1) is 26.4 Å². The van der Waals surface area contributed by atoms with Crippen LogP contribution in [0.25, 0.3) is 0 Å². The van der Waals surface area contributed by atoms with E-state index in [1.54, 1.807) is 0 Å². The van der Waals surface area contributed by atoms with E-state index in [4.69, 9.17) is 37.0 Å². The zero-order chi connectivity index (χ0) is 66.5. The van der Waals surface area contributed by atoms with E-state index in [0.29, 0.717) is 25.7 Å². The van der Waals surface area contributed by atoms with E-state index in [1.165, 1.54) is 173 Å². The summed E-state index contributed by atoms with van der Waals surface area (Å²) >= 11 is 0. The largest absolute Gasteiger partial charge is 0.472 e. The van der Waals surface area contributed by atoms with Gasteiger partial charge >= 0.3 is 39.5 Å². The molecule has 90 heavy (non-hydrogen) atoms. The third kappa shape index (κ3) is 63.5. The average Bonchev–Trinajstić information content (AvgIpc) is 3.46. The van der Waals surface area contributed by atoms with E-state index in [2.05, 4.69) is 41.5 Å². The van der Waals surface area contributed by atoms with E-state index in [-0.39, 0.29) is 25.7 Å². The number of aliphatic hydroxyl groups is 1. The number of phosphoric acid groups is 2. The molecule has 0 spiro atoms. The van der Waals surface area contributed by atoms with Crippen LogP contribution >= 0.6 is 15.6 Å². The van der Waals surface area contributed by atoms with Gasteiger partial charge in [0.15, 0.2) is 12.2 Å². The lowest BCUT2D eigenvalue weighted by Gasteiger charge is -2.21. The standard InChI is InChI=1S/C71H138O17P2/c1-7-10-12-14-16-18-25-30-34-41-47-53-68(73)81-59-66(87-71(76)56-50-44-36-32-28-24-22-20-21-23-27-29-33-39-45-51-63(4)5)61-85-89(77,78)83-57-65(72)58-84-90(79,80)86-62-67(60-82-69(74)54-48-42-38-37-40-46-52-64(6)9-3)88-70(75)55-49-43-35-31-26-19-17-15-13-11-8-2/h63-67,72H,7-62H2,1-6H3,(H,77,78)(H,79,80)/t64?,65-,66-,67-/m1/s1. The molecular weight excluding hydrogens is 1190 g/mol. The van der Waals surface area contributed by atoms with Gasteiger partial charge < -0.3 is 33.8 Å². The van der Waals surface area contributed by atoms with E-state index in [0.717, 1.165) is 108 Å². The molecular formula is C71H138O17P2. The Morgan fingerprint density at radius 2 is 0.567 bits per heavy atom. The molecule has 19 heteroatoms. The van der Waals surface area contributed by atoms with Crippen LogP contribution in [0.2, 0.25) is 0 Å². The highest BCUT2D eigenvalue weighted by Gasteiger charge is 2.30. The number of esters is 4. The molecule has 6 atom stereocenters. The fraction of sp³-hybridized carbons (Fsp3) is 0.944. The number of hydrogen-bond donors (Lipinski definition) is 3. The van der Waals surface area contributed by atoms with Crippen LogP contribution in [-0.2, 0) is 65.4 Å². The van der Waals surface area contributed by atoms with Gasteiger partial charge in [0.1, 0.15) is 19.3 Å². The summed E-state index contributed by atoms with van der Waals surface area (Å²) in [6.07, 6.45) is 48.5. The smallest absolute Gasteiger partial charge is 0.462 e. The molecule has 0 aromatic heterocycles. The van der Waals surface area contributed by atoms with E-state index in [9.17, 15) is 43.2 Å². The molecule has 0 rings (SSSR count). The SMILES string of the molecule is CCCCCCCCCCCCCC(=O)OC[C@H](COP(=O)(O)OC[C@@H](O)COP(=O)(O)OC[C@@H](COC(=O)CCCCCCCCC(C)CC)OC(=O)CCCCCCCCCCCCC)OC(=O)CCCCCCCCCCCCCCCCCC(C)C. The Bertz CT molecular complexity index is 1750. The van der Waals surface area contributed by atoms with Crippen LogP contribution in [0.5, 0.6) is 0 Å².